The van der Waals surface area contributed by atoms with Crippen LogP contribution < -0.4 is 10.2 Å². The van der Waals surface area contributed by atoms with E-state index >= 15 is 0 Å². The van der Waals surface area contributed by atoms with Crippen LogP contribution in [0.5, 0.6) is 0 Å². The molecule has 0 spiro atoms. The van der Waals surface area contributed by atoms with Crippen molar-refractivity contribution in [2.24, 2.45) is 0 Å². The van der Waals surface area contributed by atoms with Crippen LogP contribution in [0, 0.1) is 11.3 Å². The molecule has 2 amide bonds. The van der Waals surface area contributed by atoms with Gasteiger partial charge in [0.05, 0.1) is 29.8 Å². The number of nitrogens with zero attached hydrogens (tertiary/aromatic N) is 8. The summed E-state index contributed by atoms with van der Waals surface area (Å²) in [5.41, 5.74) is 3.42. The van der Waals surface area contributed by atoms with Crippen molar-refractivity contribution < 1.29 is 9.59 Å². The maximum atomic E-state index is 13.5. The van der Waals surface area contributed by atoms with Crippen LogP contribution in [0.25, 0.3) is 5.69 Å². The van der Waals surface area contributed by atoms with Gasteiger partial charge in [-0.2, -0.15) is 9.94 Å². The number of pyridine rings is 1. The highest BCUT2D eigenvalue weighted by atomic mass is 35.5. The number of likely N-dealkylation sites (N-methyl/N-ethyl adjacent to an activating group) is 1. The second-order valence-corrected chi connectivity index (χ2v) is 9.15. The fourth-order valence-corrected chi connectivity index (χ4v) is 4.38. The number of benzene rings is 2. The number of carbonyl (C=O) groups is 2. The second kappa shape index (κ2) is 13.1. The molecule has 0 aliphatic rings. The lowest BCUT2D eigenvalue weighted by Crippen LogP contribution is -2.47. The molecule has 0 saturated heterocycles. The van der Waals surface area contributed by atoms with Crippen LogP contribution in [0.15, 0.2) is 85.5 Å². The topological polar surface area (TPSA) is 133 Å². The van der Waals surface area contributed by atoms with Gasteiger partial charge < -0.3 is 15.1 Å². The van der Waals surface area contributed by atoms with Gasteiger partial charge in [0.15, 0.2) is 0 Å². The van der Waals surface area contributed by atoms with Gasteiger partial charge in [-0.3, -0.25) is 9.59 Å². The number of tetrazole rings is 1. The third-order valence-electron chi connectivity index (χ3n) is 6.14. The number of hydrogen-bond donors (Lipinski definition) is 1. The molecule has 0 bridgehead atoms. The summed E-state index contributed by atoms with van der Waals surface area (Å²) in [6.07, 6.45) is 3.78. The number of rotatable bonds is 12. The number of carbonyl (C=O) groups excluding carboxylic acids is 2. The van der Waals surface area contributed by atoms with E-state index in [-0.39, 0.29) is 18.7 Å². The highest BCUT2D eigenvalue weighted by Crippen LogP contribution is 2.30. The lowest BCUT2D eigenvalue weighted by atomic mass is 10.0. The maximum absolute atomic E-state index is 13.5. The normalized spacial score (nSPS) is 11.2. The van der Waals surface area contributed by atoms with Crippen molar-refractivity contribution in [3.05, 3.63) is 102 Å². The van der Waals surface area contributed by atoms with Crippen molar-refractivity contribution in [2.45, 2.75) is 19.4 Å². The lowest BCUT2D eigenvalue weighted by molar-refractivity contribution is -0.129. The molecule has 12 heteroatoms. The van der Waals surface area contributed by atoms with Crippen LogP contribution in [0.1, 0.15) is 18.2 Å². The molecule has 40 heavy (non-hydrogen) atoms. The number of hydrogen-bond acceptors (Lipinski definition) is 8. The first kappa shape index (κ1) is 27.9. The number of anilines is 2. The van der Waals surface area contributed by atoms with E-state index in [0.29, 0.717) is 40.7 Å². The van der Waals surface area contributed by atoms with Crippen LogP contribution in [0.3, 0.4) is 0 Å². The zero-order valence-electron chi connectivity index (χ0n) is 21.7. The van der Waals surface area contributed by atoms with Gasteiger partial charge in [0.25, 0.3) is 0 Å². The Morgan fingerprint density at radius 1 is 1.23 bits per heavy atom. The number of aromatic nitrogens is 5. The lowest BCUT2D eigenvalue weighted by Gasteiger charge is -2.33. The molecule has 1 unspecified atom stereocenters. The van der Waals surface area contributed by atoms with Gasteiger partial charge in [0.1, 0.15) is 24.1 Å². The van der Waals surface area contributed by atoms with Gasteiger partial charge in [-0.05, 0) is 53.2 Å². The van der Waals surface area contributed by atoms with Crippen LogP contribution in [0.2, 0.25) is 5.02 Å². The second-order valence-electron chi connectivity index (χ2n) is 8.71. The SMILES string of the molecule is C=C(CN(C=O)C(Cc1ccccc1)C(=O)Nc1ccc(C#N)nc1)N(CC)c1cc(Cl)ccc1-n1cnnn1. The maximum Gasteiger partial charge on any atom is 0.247 e. The van der Waals surface area contributed by atoms with Crippen LogP contribution in [-0.4, -0.2) is 61.5 Å². The molecule has 0 aliphatic heterocycles. The Morgan fingerprint density at radius 3 is 2.65 bits per heavy atom. The monoisotopic (exact) mass is 555 g/mol. The first-order chi connectivity index (χ1) is 19.4. The van der Waals surface area contributed by atoms with Crippen molar-refractivity contribution in [1.29, 1.82) is 5.26 Å². The summed E-state index contributed by atoms with van der Waals surface area (Å²) >= 11 is 6.34. The van der Waals surface area contributed by atoms with Gasteiger partial charge >= 0.3 is 0 Å². The molecule has 0 saturated carbocycles. The summed E-state index contributed by atoms with van der Waals surface area (Å²) in [6.45, 7) is 6.72. The van der Waals surface area contributed by atoms with Gasteiger partial charge in [-0.15, -0.1) is 5.10 Å². The third kappa shape index (κ3) is 6.67. The molecule has 2 aromatic heterocycles. The molecule has 1 atom stereocenters. The molecule has 0 fully saturated rings. The Kier molecular flexibility index (Phi) is 9.17. The predicted molar refractivity (Wildman–Crippen MR) is 151 cm³/mol. The minimum Gasteiger partial charge on any atom is -0.342 e. The highest BCUT2D eigenvalue weighted by molar-refractivity contribution is 6.31. The molecular weight excluding hydrogens is 530 g/mol. The zero-order chi connectivity index (χ0) is 28.5. The van der Waals surface area contributed by atoms with E-state index in [1.165, 1.54) is 28.2 Å². The van der Waals surface area contributed by atoms with Gasteiger partial charge in [-0.1, -0.05) is 48.5 Å². The van der Waals surface area contributed by atoms with Crippen molar-refractivity contribution in [3.63, 3.8) is 0 Å². The Morgan fingerprint density at radius 2 is 2.02 bits per heavy atom. The van der Waals surface area contributed by atoms with E-state index in [0.717, 1.165) is 5.56 Å². The van der Waals surface area contributed by atoms with Gasteiger partial charge in [0.2, 0.25) is 12.3 Å². The van der Waals surface area contributed by atoms with Crippen LogP contribution >= 0.6 is 11.6 Å². The van der Waals surface area contributed by atoms with E-state index < -0.39 is 11.9 Å². The zero-order valence-corrected chi connectivity index (χ0v) is 22.4. The number of amides is 2. The van der Waals surface area contributed by atoms with Gasteiger partial charge in [-0.25, -0.2) is 4.98 Å². The standard InChI is InChI=1S/C28H26ClN9O2/c1-3-37(26-14-22(29)9-12-25(26)38-18-32-34-35-38)20(2)17-36(19-39)27(13-21-7-5-4-6-8-21)28(40)33-24-11-10-23(15-30)31-16-24/h4-12,14,16,18-19,27H,2-3,13,17H2,1H3,(H,33,40). The molecule has 2 aromatic carbocycles. The summed E-state index contributed by atoms with van der Waals surface area (Å²) in [5.74, 6) is -0.407. The number of nitrogens with one attached hydrogen (secondary N) is 1. The van der Waals surface area contributed by atoms with Crippen LogP contribution in [0.4, 0.5) is 11.4 Å². The fraction of sp³-hybridized carbons (Fsp3) is 0.179. The van der Waals surface area contributed by atoms with Crippen molar-refractivity contribution in [2.75, 3.05) is 23.3 Å². The minimum atomic E-state index is -0.871. The molecule has 4 aromatic rings. The van der Waals surface area contributed by atoms with E-state index in [2.05, 4.69) is 32.4 Å². The number of nitriles is 1. The summed E-state index contributed by atoms with van der Waals surface area (Å²) in [5, 5.41) is 23.8. The quantitative estimate of drug-likeness (QED) is 0.262. The molecule has 4 rings (SSSR count). The average molecular weight is 556 g/mol. The van der Waals surface area contributed by atoms with Gasteiger partial charge in [0, 0.05) is 23.7 Å². The highest BCUT2D eigenvalue weighted by Gasteiger charge is 2.28. The molecule has 0 aliphatic carbocycles. The van der Waals surface area contributed by atoms with Crippen molar-refractivity contribution >= 4 is 35.3 Å². The molecule has 202 valence electrons. The first-order valence-corrected chi connectivity index (χ1v) is 12.7. The summed E-state index contributed by atoms with van der Waals surface area (Å²) in [7, 11) is 0. The van der Waals surface area contributed by atoms with E-state index in [9.17, 15) is 9.59 Å². The molecular formula is C28H26ClN9O2. The fourth-order valence-electron chi connectivity index (χ4n) is 4.22. The first-order valence-electron chi connectivity index (χ1n) is 12.3. The van der Waals surface area contributed by atoms with Crippen molar-refractivity contribution in [3.8, 4) is 11.8 Å². The number of halogens is 1. The molecule has 2 heterocycles. The molecule has 1 N–H and O–H groups in total. The van der Waals surface area contributed by atoms with Crippen LogP contribution in [-0.2, 0) is 16.0 Å². The summed E-state index contributed by atoms with van der Waals surface area (Å²) in [6, 6.07) is 18.9. The van der Waals surface area contributed by atoms with E-state index in [1.807, 2.05) is 48.2 Å². The largest absolute Gasteiger partial charge is 0.342 e. The summed E-state index contributed by atoms with van der Waals surface area (Å²) in [4.78, 5) is 33.3. The Balaban J connectivity index is 1.61. The smallest absolute Gasteiger partial charge is 0.247 e. The third-order valence-corrected chi connectivity index (χ3v) is 6.38. The Hall–Kier alpha value is -5.08. The Labute approximate surface area is 236 Å². The minimum absolute atomic E-state index is 0.0510. The summed E-state index contributed by atoms with van der Waals surface area (Å²) < 4.78 is 1.51. The average Bonchev–Trinajstić information content (AvgIpc) is 3.51. The van der Waals surface area contributed by atoms with Crippen molar-refractivity contribution in [1.82, 2.24) is 30.1 Å². The predicted octanol–water partition coefficient (Wildman–Crippen LogP) is 3.63. The van der Waals surface area contributed by atoms with E-state index in [4.69, 9.17) is 16.9 Å². The molecule has 11 nitrogen and oxygen atoms in total. The molecule has 0 radical (unpaired) electrons. The van der Waals surface area contributed by atoms with E-state index in [1.54, 1.807) is 24.3 Å². The Bertz CT molecular complexity index is 1500.